The van der Waals surface area contributed by atoms with Crippen molar-refractivity contribution in [2.75, 3.05) is 6.61 Å². The zero-order valence-corrected chi connectivity index (χ0v) is 13.1. The smallest absolute Gasteiger partial charge is 0.122 e. The summed E-state index contributed by atoms with van der Waals surface area (Å²) in [6, 6.07) is 20.4. The summed E-state index contributed by atoms with van der Waals surface area (Å²) in [6.07, 6.45) is 3.88. The predicted molar refractivity (Wildman–Crippen MR) is 93.5 cm³/mol. The highest BCUT2D eigenvalue weighted by molar-refractivity contribution is 6.01. The second-order valence-corrected chi connectivity index (χ2v) is 5.22. The molecule has 0 atom stereocenters. The van der Waals surface area contributed by atoms with Crippen LogP contribution >= 0.6 is 0 Å². The molecule has 3 heteroatoms. The SMILES string of the molecule is CCOCn1cccc1C=C(C#N)c1cccc2ccccc12. The van der Waals surface area contributed by atoms with Crippen molar-refractivity contribution < 1.29 is 4.74 Å². The van der Waals surface area contributed by atoms with Crippen molar-refractivity contribution in [1.29, 1.82) is 5.26 Å². The lowest BCUT2D eigenvalue weighted by Gasteiger charge is -2.08. The van der Waals surface area contributed by atoms with Crippen LogP contribution < -0.4 is 0 Å². The van der Waals surface area contributed by atoms with Crippen LogP contribution in [0.4, 0.5) is 0 Å². The number of nitrogens with zero attached hydrogens (tertiary/aromatic N) is 2. The zero-order chi connectivity index (χ0) is 16.1. The van der Waals surface area contributed by atoms with Gasteiger partial charge in [0.05, 0.1) is 11.6 Å². The van der Waals surface area contributed by atoms with Crippen LogP contribution in [0.25, 0.3) is 22.4 Å². The number of fused-ring (bicyclic) bond motifs is 1. The van der Waals surface area contributed by atoms with Gasteiger partial charge in [0.2, 0.25) is 0 Å². The molecule has 1 heterocycles. The average molecular weight is 302 g/mol. The molecule has 0 aliphatic heterocycles. The Morgan fingerprint density at radius 2 is 1.96 bits per heavy atom. The Morgan fingerprint density at radius 1 is 1.13 bits per heavy atom. The van der Waals surface area contributed by atoms with E-state index in [9.17, 15) is 5.26 Å². The highest BCUT2D eigenvalue weighted by atomic mass is 16.5. The molecule has 3 nitrogen and oxygen atoms in total. The molecule has 0 spiro atoms. The highest BCUT2D eigenvalue weighted by Gasteiger charge is 2.07. The summed E-state index contributed by atoms with van der Waals surface area (Å²) in [5.41, 5.74) is 2.57. The van der Waals surface area contributed by atoms with Gasteiger partial charge in [-0.1, -0.05) is 42.5 Å². The Morgan fingerprint density at radius 3 is 2.78 bits per heavy atom. The predicted octanol–water partition coefficient (Wildman–Crippen LogP) is 4.70. The first-order chi connectivity index (χ1) is 11.3. The van der Waals surface area contributed by atoms with Gasteiger partial charge in [-0.2, -0.15) is 5.26 Å². The van der Waals surface area contributed by atoms with E-state index in [0.717, 1.165) is 22.0 Å². The second kappa shape index (κ2) is 6.95. The third kappa shape index (κ3) is 3.18. The molecule has 0 saturated heterocycles. The normalized spacial score (nSPS) is 11.6. The second-order valence-electron chi connectivity index (χ2n) is 5.22. The number of hydrogen-bond acceptors (Lipinski definition) is 2. The summed E-state index contributed by atoms with van der Waals surface area (Å²) < 4.78 is 7.45. The Hall–Kier alpha value is -2.83. The van der Waals surface area contributed by atoms with Crippen molar-refractivity contribution in [3.8, 4) is 6.07 Å². The number of rotatable bonds is 5. The van der Waals surface area contributed by atoms with Crippen molar-refractivity contribution in [1.82, 2.24) is 4.57 Å². The quantitative estimate of drug-likeness (QED) is 0.641. The van der Waals surface area contributed by atoms with Crippen molar-refractivity contribution >= 4 is 22.4 Å². The number of nitriles is 1. The average Bonchev–Trinajstić information content (AvgIpc) is 3.04. The van der Waals surface area contributed by atoms with E-state index in [4.69, 9.17) is 4.74 Å². The maximum absolute atomic E-state index is 9.65. The van der Waals surface area contributed by atoms with E-state index in [1.54, 1.807) is 0 Å². The first-order valence-electron chi connectivity index (χ1n) is 7.66. The van der Waals surface area contributed by atoms with E-state index >= 15 is 0 Å². The first kappa shape index (κ1) is 15.1. The number of benzene rings is 2. The molecule has 23 heavy (non-hydrogen) atoms. The molecule has 114 valence electrons. The highest BCUT2D eigenvalue weighted by Crippen LogP contribution is 2.26. The molecule has 0 radical (unpaired) electrons. The Balaban J connectivity index is 2.06. The van der Waals surface area contributed by atoms with E-state index in [-0.39, 0.29) is 0 Å². The molecule has 0 unspecified atom stereocenters. The molecule has 0 bridgehead atoms. The number of allylic oxidation sites excluding steroid dienone is 1. The van der Waals surface area contributed by atoms with E-state index in [1.807, 2.05) is 60.2 Å². The van der Waals surface area contributed by atoms with Gasteiger partial charge in [-0.25, -0.2) is 0 Å². The topological polar surface area (TPSA) is 38.0 Å². The maximum Gasteiger partial charge on any atom is 0.122 e. The summed E-state index contributed by atoms with van der Waals surface area (Å²) in [4.78, 5) is 0. The number of hydrogen-bond donors (Lipinski definition) is 0. The van der Waals surface area contributed by atoms with Crippen LogP contribution in [-0.2, 0) is 11.5 Å². The fourth-order valence-corrected chi connectivity index (χ4v) is 2.64. The van der Waals surface area contributed by atoms with Crippen LogP contribution in [0.2, 0.25) is 0 Å². The Kier molecular flexibility index (Phi) is 4.56. The van der Waals surface area contributed by atoms with Gasteiger partial charge >= 0.3 is 0 Å². The van der Waals surface area contributed by atoms with Crippen LogP contribution in [0.3, 0.4) is 0 Å². The first-order valence-corrected chi connectivity index (χ1v) is 7.66. The van der Waals surface area contributed by atoms with Crippen LogP contribution in [0.15, 0.2) is 60.8 Å². The Bertz CT molecular complexity index is 879. The van der Waals surface area contributed by atoms with Crippen molar-refractivity contribution in [2.24, 2.45) is 0 Å². The zero-order valence-electron chi connectivity index (χ0n) is 13.1. The minimum absolute atomic E-state index is 0.490. The standard InChI is InChI=1S/C20H18N2O/c1-2-23-15-22-12-6-9-18(22)13-17(14-21)20-11-5-8-16-7-3-4-10-19(16)20/h3-13H,2,15H2,1H3. The summed E-state index contributed by atoms with van der Waals surface area (Å²) >= 11 is 0. The van der Waals surface area contributed by atoms with E-state index in [0.29, 0.717) is 18.9 Å². The van der Waals surface area contributed by atoms with E-state index in [2.05, 4.69) is 24.3 Å². The van der Waals surface area contributed by atoms with Gasteiger partial charge in [-0.3, -0.25) is 0 Å². The third-order valence-corrected chi connectivity index (χ3v) is 3.79. The minimum atomic E-state index is 0.490. The summed E-state index contributed by atoms with van der Waals surface area (Å²) in [7, 11) is 0. The fourth-order valence-electron chi connectivity index (χ4n) is 2.64. The van der Waals surface area contributed by atoms with Crippen molar-refractivity contribution in [3.05, 3.63) is 72.1 Å². The van der Waals surface area contributed by atoms with Gasteiger partial charge in [0, 0.05) is 24.1 Å². The summed E-state index contributed by atoms with van der Waals surface area (Å²) in [5, 5.41) is 11.9. The fraction of sp³-hybridized carbons (Fsp3) is 0.150. The third-order valence-electron chi connectivity index (χ3n) is 3.79. The largest absolute Gasteiger partial charge is 0.361 e. The van der Waals surface area contributed by atoms with Crippen LogP contribution in [0, 0.1) is 11.3 Å². The van der Waals surface area contributed by atoms with E-state index in [1.165, 1.54) is 0 Å². The van der Waals surface area contributed by atoms with Crippen LogP contribution in [-0.4, -0.2) is 11.2 Å². The molecule has 0 saturated carbocycles. The van der Waals surface area contributed by atoms with Gasteiger partial charge in [-0.05, 0) is 35.9 Å². The van der Waals surface area contributed by atoms with Gasteiger partial charge < -0.3 is 9.30 Å². The lowest BCUT2D eigenvalue weighted by molar-refractivity contribution is 0.0877. The molecular weight excluding hydrogens is 284 g/mol. The van der Waals surface area contributed by atoms with Gasteiger partial charge in [0.25, 0.3) is 0 Å². The Labute approximate surface area is 136 Å². The summed E-state index contributed by atoms with van der Waals surface area (Å²) in [6.45, 7) is 3.12. The molecule has 0 N–H and O–H groups in total. The molecule has 0 fully saturated rings. The maximum atomic E-state index is 9.65. The number of ether oxygens (including phenoxy) is 1. The van der Waals surface area contributed by atoms with Crippen molar-refractivity contribution in [3.63, 3.8) is 0 Å². The lowest BCUT2D eigenvalue weighted by atomic mass is 9.98. The lowest BCUT2D eigenvalue weighted by Crippen LogP contribution is -2.02. The molecule has 3 rings (SSSR count). The van der Waals surface area contributed by atoms with Gasteiger partial charge in [0.1, 0.15) is 6.73 Å². The molecular formula is C20H18N2O. The van der Waals surface area contributed by atoms with Gasteiger partial charge in [0.15, 0.2) is 0 Å². The van der Waals surface area contributed by atoms with Crippen LogP contribution in [0.5, 0.6) is 0 Å². The molecule has 0 aliphatic carbocycles. The molecule has 3 aromatic rings. The minimum Gasteiger partial charge on any atom is -0.361 e. The molecule has 1 aromatic heterocycles. The molecule has 0 amide bonds. The van der Waals surface area contributed by atoms with E-state index < -0.39 is 0 Å². The van der Waals surface area contributed by atoms with Crippen LogP contribution in [0.1, 0.15) is 18.2 Å². The molecule has 2 aromatic carbocycles. The monoisotopic (exact) mass is 302 g/mol. The number of aromatic nitrogens is 1. The molecule has 0 aliphatic rings. The summed E-state index contributed by atoms with van der Waals surface area (Å²) in [5.74, 6) is 0. The van der Waals surface area contributed by atoms with Gasteiger partial charge in [-0.15, -0.1) is 0 Å². The van der Waals surface area contributed by atoms with Crippen molar-refractivity contribution in [2.45, 2.75) is 13.7 Å².